The number of benzene rings is 2. The van der Waals surface area contributed by atoms with Gasteiger partial charge in [-0.25, -0.2) is 4.79 Å². The number of thioether (sulfide) groups is 1. The molecule has 2 aromatic rings. The van der Waals surface area contributed by atoms with Gasteiger partial charge in [0.05, 0.1) is 6.61 Å². The predicted molar refractivity (Wildman–Crippen MR) is 108 cm³/mol. The summed E-state index contributed by atoms with van der Waals surface area (Å²) in [4.78, 5) is 26.8. The summed E-state index contributed by atoms with van der Waals surface area (Å²) in [6.45, 7) is 2.60. The van der Waals surface area contributed by atoms with Crippen LogP contribution in [0.4, 0.5) is 0 Å². The van der Waals surface area contributed by atoms with Crippen LogP contribution >= 0.6 is 11.8 Å². The fourth-order valence-corrected chi connectivity index (χ4v) is 5.62. The van der Waals surface area contributed by atoms with Gasteiger partial charge in [0.25, 0.3) is 0 Å². The third-order valence-corrected chi connectivity index (χ3v) is 6.86. The van der Waals surface area contributed by atoms with Crippen molar-refractivity contribution in [1.82, 2.24) is 4.90 Å². The summed E-state index contributed by atoms with van der Waals surface area (Å²) in [5.41, 5.74) is 1.90. The Morgan fingerprint density at radius 2 is 1.93 bits per heavy atom. The van der Waals surface area contributed by atoms with Crippen molar-refractivity contribution in [2.75, 3.05) is 12.4 Å². The average Bonchev–Trinajstić information content (AvgIpc) is 3.27. The number of esters is 1. The summed E-state index contributed by atoms with van der Waals surface area (Å²) in [6.07, 6.45) is 1.18. The predicted octanol–water partition coefficient (Wildman–Crippen LogP) is 3.72. The highest BCUT2D eigenvalue weighted by atomic mass is 32.2. The van der Waals surface area contributed by atoms with Gasteiger partial charge in [0, 0.05) is 17.7 Å². The maximum atomic E-state index is 12.9. The van der Waals surface area contributed by atoms with E-state index in [1.54, 1.807) is 16.7 Å². The molecule has 0 unspecified atom stereocenters. The van der Waals surface area contributed by atoms with Crippen molar-refractivity contribution in [2.45, 2.75) is 37.3 Å². The van der Waals surface area contributed by atoms with Crippen LogP contribution in [0.2, 0.25) is 0 Å². The van der Waals surface area contributed by atoms with E-state index in [0.717, 1.165) is 23.3 Å². The lowest BCUT2D eigenvalue weighted by molar-refractivity contribution is -0.155. The number of amides is 1. The van der Waals surface area contributed by atoms with Crippen LogP contribution < -0.4 is 4.74 Å². The summed E-state index contributed by atoms with van der Waals surface area (Å²) in [6, 6.07) is 16.9. The van der Waals surface area contributed by atoms with Gasteiger partial charge < -0.3 is 14.4 Å². The summed E-state index contributed by atoms with van der Waals surface area (Å²) >= 11 is 1.67. The zero-order chi connectivity index (χ0) is 19.6. The number of carbonyl (C=O) groups excluding carboxylic acids is 2. The maximum Gasteiger partial charge on any atom is 0.330 e. The van der Waals surface area contributed by atoms with Crippen molar-refractivity contribution in [1.29, 1.82) is 0 Å². The van der Waals surface area contributed by atoms with Crippen LogP contribution in [0.1, 0.15) is 30.9 Å². The second kappa shape index (κ2) is 7.87. The van der Waals surface area contributed by atoms with Crippen LogP contribution in [0.15, 0.2) is 54.6 Å². The number of para-hydroxylation sites is 1. The van der Waals surface area contributed by atoms with Crippen molar-refractivity contribution in [3.8, 4) is 5.75 Å². The summed E-state index contributed by atoms with van der Waals surface area (Å²) < 4.78 is 11.2. The Bertz CT molecular complexity index is 872. The fourth-order valence-electron chi connectivity index (χ4n) is 3.98. The Hall–Kier alpha value is -2.47. The second-order valence-corrected chi connectivity index (χ2v) is 8.19. The lowest BCUT2D eigenvalue weighted by Crippen LogP contribution is -2.46. The van der Waals surface area contributed by atoms with E-state index >= 15 is 0 Å². The topological polar surface area (TPSA) is 55.8 Å². The molecule has 2 saturated heterocycles. The van der Waals surface area contributed by atoms with E-state index in [1.165, 1.54) is 0 Å². The highest BCUT2D eigenvalue weighted by Gasteiger charge is 2.57. The monoisotopic (exact) mass is 397 g/mol. The Morgan fingerprint density at radius 3 is 2.71 bits per heavy atom. The largest absolute Gasteiger partial charge is 0.493 e. The Balaban J connectivity index is 1.51. The van der Waals surface area contributed by atoms with Gasteiger partial charge in [-0.1, -0.05) is 48.5 Å². The SMILES string of the molecule is CCOc1ccccc1COC(=O)[C@@H]1CS[C@@]2(c3ccccc3)CCC(=O)N12. The van der Waals surface area contributed by atoms with Gasteiger partial charge in [0.1, 0.15) is 23.3 Å². The number of fused-ring (bicyclic) bond motifs is 1. The molecule has 2 heterocycles. The van der Waals surface area contributed by atoms with Gasteiger partial charge in [-0.3, -0.25) is 4.79 Å². The summed E-state index contributed by atoms with van der Waals surface area (Å²) in [5.74, 6) is 0.930. The molecule has 0 radical (unpaired) electrons. The standard InChI is InChI=1S/C22H23NO4S/c1-2-26-19-11-7-6-8-16(19)14-27-21(25)18-15-28-22(13-12-20(24)23(18)22)17-9-4-3-5-10-17/h3-11,18H,2,12-15H2,1H3/t18-,22+/m0/s1. The highest BCUT2D eigenvalue weighted by molar-refractivity contribution is 8.00. The molecule has 0 aromatic heterocycles. The number of nitrogens with zero attached hydrogens (tertiary/aromatic N) is 1. The van der Waals surface area contributed by atoms with Crippen molar-refractivity contribution in [2.24, 2.45) is 0 Å². The van der Waals surface area contributed by atoms with Crippen LogP contribution in [-0.2, 0) is 25.8 Å². The molecule has 6 heteroatoms. The molecule has 0 bridgehead atoms. The molecule has 5 nitrogen and oxygen atoms in total. The first-order chi connectivity index (χ1) is 13.7. The van der Waals surface area contributed by atoms with Crippen LogP contribution in [0, 0.1) is 0 Å². The third kappa shape index (κ3) is 3.26. The molecule has 2 atom stereocenters. The van der Waals surface area contributed by atoms with E-state index in [1.807, 2.05) is 61.5 Å². The molecule has 0 N–H and O–H groups in total. The minimum Gasteiger partial charge on any atom is -0.493 e. The number of rotatable bonds is 6. The van der Waals surface area contributed by atoms with Gasteiger partial charge in [-0.15, -0.1) is 11.8 Å². The van der Waals surface area contributed by atoms with Gasteiger partial charge in [-0.05, 0) is 25.0 Å². The van der Waals surface area contributed by atoms with Crippen LogP contribution in [0.25, 0.3) is 0 Å². The molecule has 146 valence electrons. The van der Waals surface area contributed by atoms with Crippen molar-refractivity contribution < 1.29 is 19.1 Å². The van der Waals surface area contributed by atoms with Crippen LogP contribution in [0.3, 0.4) is 0 Å². The van der Waals surface area contributed by atoms with E-state index in [9.17, 15) is 9.59 Å². The first-order valence-electron chi connectivity index (χ1n) is 9.54. The average molecular weight is 397 g/mol. The molecule has 2 aromatic carbocycles. The molecule has 2 aliphatic heterocycles. The number of carbonyl (C=O) groups is 2. The fraction of sp³-hybridized carbons (Fsp3) is 0.364. The number of ether oxygens (including phenoxy) is 2. The zero-order valence-electron chi connectivity index (χ0n) is 15.8. The molecule has 4 rings (SSSR count). The molecule has 0 spiro atoms. The number of hydrogen-bond donors (Lipinski definition) is 0. The quantitative estimate of drug-likeness (QED) is 0.696. The van der Waals surface area contributed by atoms with E-state index < -0.39 is 10.9 Å². The number of hydrogen-bond acceptors (Lipinski definition) is 5. The molecular weight excluding hydrogens is 374 g/mol. The maximum absolute atomic E-state index is 12.9. The minimum absolute atomic E-state index is 0.0190. The van der Waals surface area contributed by atoms with Gasteiger partial charge in [-0.2, -0.15) is 0 Å². The molecule has 0 saturated carbocycles. The van der Waals surface area contributed by atoms with E-state index in [-0.39, 0.29) is 18.5 Å². The Labute approximate surface area is 169 Å². The lowest BCUT2D eigenvalue weighted by atomic mass is 10.0. The van der Waals surface area contributed by atoms with Crippen LogP contribution in [0.5, 0.6) is 5.75 Å². The minimum atomic E-state index is -0.556. The molecule has 2 fully saturated rings. The second-order valence-electron chi connectivity index (χ2n) is 6.89. The van der Waals surface area contributed by atoms with Crippen molar-refractivity contribution >= 4 is 23.6 Å². The Kier molecular flexibility index (Phi) is 5.31. The normalized spacial score (nSPS) is 23.5. The first kappa shape index (κ1) is 18.9. The highest BCUT2D eigenvalue weighted by Crippen LogP contribution is 2.54. The first-order valence-corrected chi connectivity index (χ1v) is 10.5. The molecular formula is C22H23NO4S. The zero-order valence-corrected chi connectivity index (χ0v) is 16.6. The summed E-state index contributed by atoms with van der Waals surface area (Å²) in [5, 5.41) is 0. The van der Waals surface area contributed by atoms with E-state index in [0.29, 0.717) is 18.8 Å². The molecule has 28 heavy (non-hydrogen) atoms. The molecule has 0 aliphatic carbocycles. The van der Waals surface area contributed by atoms with Gasteiger partial charge >= 0.3 is 5.97 Å². The van der Waals surface area contributed by atoms with Crippen molar-refractivity contribution in [3.63, 3.8) is 0 Å². The third-order valence-electron chi connectivity index (χ3n) is 5.27. The van der Waals surface area contributed by atoms with Crippen LogP contribution in [-0.4, -0.2) is 35.2 Å². The molecule has 2 aliphatic rings. The van der Waals surface area contributed by atoms with Crippen molar-refractivity contribution in [3.05, 3.63) is 65.7 Å². The lowest BCUT2D eigenvalue weighted by Gasteiger charge is -2.33. The van der Waals surface area contributed by atoms with Gasteiger partial charge in [0.2, 0.25) is 5.91 Å². The van der Waals surface area contributed by atoms with E-state index in [4.69, 9.17) is 9.47 Å². The Morgan fingerprint density at radius 1 is 1.18 bits per heavy atom. The van der Waals surface area contributed by atoms with E-state index in [2.05, 4.69) is 0 Å². The summed E-state index contributed by atoms with van der Waals surface area (Å²) in [7, 11) is 0. The molecule has 1 amide bonds. The van der Waals surface area contributed by atoms with Gasteiger partial charge in [0.15, 0.2) is 0 Å². The smallest absolute Gasteiger partial charge is 0.330 e.